The number of imidazole rings is 1. The van der Waals surface area contributed by atoms with Crippen LogP contribution in [-0.2, 0) is 13.1 Å². The van der Waals surface area contributed by atoms with Crippen LogP contribution < -0.4 is 5.73 Å². The normalized spacial score (nSPS) is 13.2. The minimum atomic E-state index is -0.416. The summed E-state index contributed by atoms with van der Waals surface area (Å²) in [6.07, 6.45) is 5.18. The van der Waals surface area contributed by atoms with Crippen molar-refractivity contribution in [2.75, 3.05) is 0 Å². The van der Waals surface area contributed by atoms with E-state index in [0.717, 1.165) is 33.4 Å². The van der Waals surface area contributed by atoms with Crippen LogP contribution in [0.2, 0.25) is 0 Å². The predicted octanol–water partition coefficient (Wildman–Crippen LogP) is 5.29. The molecule has 0 radical (unpaired) electrons. The maximum absolute atomic E-state index is 13.9. The number of fused-ring (bicyclic) bond motifs is 1. The van der Waals surface area contributed by atoms with Crippen LogP contribution in [0.1, 0.15) is 68.2 Å². The molecule has 0 aliphatic heterocycles. The molecule has 0 saturated carbocycles. The third-order valence-electron chi connectivity index (χ3n) is 6.71. The van der Waals surface area contributed by atoms with E-state index in [0.29, 0.717) is 13.1 Å². The SMILES string of the molecule is C=Cc1ccc(CN(C2=C(N)C(=O)c3ncn(Cc4ccc(C=C)c(C)c4)c3C2=O)C(C)C)cc1C. The van der Waals surface area contributed by atoms with E-state index >= 15 is 0 Å². The Balaban J connectivity index is 1.71. The number of aromatic nitrogens is 2. The van der Waals surface area contributed by atoms with Gasteiger partial charge >= 0.3 is 0 Å². The first-order valence-electron chi connectivity index (χ1n) is 12.0. The molecule has 0 saturated heterocycles. The highest BCUT2D eigenvalue weighted by Gasteiger charge is 2.38. The Labute approximate surface area is 212 Å². The quantitative estimate of drug-likeness (QED) is 0.474. The van der Waals surface area contributed by atoms with E-state index in [4.69, 9.17) is 5.73 Å². The molecule has 1 aliphatic carbocycles. The van der Waals surface area contributed by atoms with Crippen molar-refractivity contribution in [1.82, 2.24) is 14.5 Å². The van der Waals surface area contributed by atoms with Gasteiger partial charge in [0.25, 0.3) is 0 Å². The molecule has 1 heterocycles. The first kappa shape index (κ1) is 24.9. The molecule has 6 heteroatoms. The number of carbonyl (C=O) groups excluding carboxylic acids is 2. The van der Waals surface area contributed by atoms with Crippen LogP contribution in [-0.4, -0.2) is 32.1 Å². The Morgan fingerprint density at radius 2 is 1.56 bits per heavy atom. The maximum Gasteiger partial charge on any atom is 0.231 e. The van der Waals surface area contributed by atoms with E-state index in [2.05, 4.69) is 30.3 Å². The van der Waals surface area contributed by atoms with E-state index in [-0.39, 0.29) is 34.6 Å². The number of hydrogen-bond donors (Lipinski definition) is 1. The average molecular weight is 481 g/mol. The number of Topliss-reactive ketones (excluding diaryl/α,β-unsaturated/α-hetero) is 2. The van der Waals surface area contributed by atoms with E-state index in [1.165, 1.54) is 0 Å². The van der Waals surface area contributed by atoms with Crippen LogP contribution in [0, 0.1) is 13.8 Å². The number of hydrogen-bond acceptors (Lipinski definition) is 5. The molecule has 0 atom stereocenters. The molecule has 184 valence electrons. The number of nitrogens with two attached hydrogens (primary N) is 1. The second-order valence-electron chi connectivity index (χ2n) is 9.50. The highest BCUT2D eigenvalue weighted by Crippen LogP contribution is 2.29. The summed E-state index contributed by atoms with van der Waals surface area (Å²) in [6.45, 7) is 16.6. The number of aryl methyl sites for hydroxylation is 2. The number of carbonyl (C=O) groups is 2. The minimum absolute atomic E-state index is 0.0583. The van der Waals surface area contributed by atoms with Gasteiger partial charge in [-0.15, -0.1) is 0 Å². The number of rotatable bonds is 8. The molecule has 6 nitrogen and oxygen atoms in total. The second-order valence-corrected chi connectivity index (χ2v) is 9.50. The molecule has 36 heavy (non-hydrogen) atoms. The van der Waals surface area contributed by atoms with Gasteiger partial charge in [-0.2, -0.15) is 0 Å². The predicted molar refractivity (Wildman–Crippen MR) is 144 cm³/mol. The van der Waals surface area contributed by atoms with Crippen LogP contribution in [0.3, 0.4) is 0 Å². The largest absolute Gasteiger partial charge is 0.394 e. The summed E-state index contributed by atoms with van der Waals surface area (Å²) in [5, 5.41) is 0. The Morgan fingerprint density at radius 1 is 0.972 bits per heavy atom. The number of nitrogens with zero attached hydrogens (tertiary/aromatic N) is 3. The molecule has 2 aromatic carbocycles. The molecule has 0 fully saturated rings. The lowest BCUT2D eigenvalue weighted by Gasteiger charge is -2.33. The van der Waals surface area contributed by atoms with E-state index in [9.17, 15) is 9.59 Å². The zero-order chi connectivity index (χ0) is 26.1. The second kappa shape index (κ2) is 9.82. The first-order valence-corrected chi connectivity index (χ1v) is 12.0. The Bertz CT molecular complexity index is 1420. The van der Waals surface area contributed by atoms with Crippen LogP contribution >= 0.6 is 0 Å². The lowest BCUT2D eigenvalue weighted by Crippen LogP contribution is -2.40. The Hall–Kier alpha value is -4.19. The van der Waals surface area contributed by atoms with Gasteiger partial charge in [0.2, 0.25) is 11.6 Å². The van der Waals surface area contributed by atoms with Gasteiger partial charge in [-0.05, 0) is 61.1 Å². The summed E-state index contributed by atoms with van der Waals surface area (Å²) >= 11 is 0. The molecule has 4 rings (SSSR count). The summed E-state index contributed by atoms with van der Waals surface area (Å²) in [5.41, 5.74) is 13.2. The summed E-state index contributed by atoms with van der Waals surface area (Å²) < 4.78 is 1.74. The molecule has 0 bridgehead atoms. The third-order valence-corrected chi connectivity index (χ3v) is 6.71. The van der Waals surface area contributed by atoms with Gasteiger partial charge in [0.05, 0.1) is 6.33 Å². The van der Waals surface area contributed by atoms with Crippen LogP contribution in [0.4, 0.5) is 0 Å². The summed E-state index contributed by atoms with van der Waals surface area (Å²) in [6, 6.07) is 12.1. The summed E-state index contributed by atoms with van der Waals surface area (Å²) in [5.74, 6) is -0.701. The smallest absolute Gasteiger partial charge is 0.231 e. The highest BCUT2D eigenvalue weighted by atomic mass is 16.1. The fraction of sp³-hybridized carbons (Fsp3) is 0.233. The van der Waals surface area contributed by atoms with Gasteiger partial charge in [0.1, 0.15) is 22.8 Å². The molecule has 0 amide bonds. The number of allylic oxidation sites excluding steroid dienone is 2. The van der Waals surface area contributed by atoms with Crippen molar-refractivity contribution in [1.29, 1.82) is 0 Å². The molecule has 0 unspecified atom stereocenters. The lowest BCUT2D eigenvalue weighted by atomic mass is 9.96. The zero-order valence-electron chi connectivity index (χ0n) is 21.3. The van der Waals surface area contributed by atoms with Crippen molar-refractivity contribution in [2.45, 2.75) is 46.8 Å². The topological polar surface area (TPSA) is 81.2 Å². The van der Waals surface area contributed by atoms with Gasteiger partial charge < -0.3 is 15.2 Å². The van der Waals surface area contributed by atoms with Gasteiger partial charge in [-0.3, -0.25) is 9.59 Å². The molecule has 2 N–H and O–H groups in total. The minimum Gasteiger partial charge on any atom is -0.394 e. The van der Waals surface area contributed by atoms with E-state index < -0.39 is 5.78 Å². The van der Waals surface area contributed by atoms with E-state index in [1.807, 2.05) is 69.0 Å². The lowest BCUT2D eigenvalue weighted by molar-refractivity contribution is 0.0916. The van der Waals surface area contributed by atoms with Gasteiger partial charge in [-0.1, -0.05) is 61.7 Å². The zero-order valence-corrected chi connectivity index (χ0v) is 21.3. The van der Waals surface area contributed by atoms with Crippen molar-refractivity contribution in [3.05, 3.63) is 112 Å². The van der Waals surface area contributed by atoms with Gasteiger partial charge in [0.15, 0.2) is 0 Å². The van der Waals surface area contributed by atoms with Crippen LogP contribution in [0.5, 0.6) is 0 Å². The number of ketones is 2. The fourth-order valence-corrected chi connectivity index (χ4v) is 4.70. The van der Waals surface area contributed by atoms with Crippen molar-refractivity contribution in [3.63, 3.8) is 0 Å². The number of benzene rings is 2. The molecular weight excluding hydrogens is 448 g/mol. The average Bonchev–Trinajstić information content (AvgIpc) is 3.26. The molecule has 1 aromatic heterocycles. The Kier molecular flexibility index (Phi) is 6.80. The summed E-state index contributed by atoms with van der Waals surface area (Å²) in [7, 11) is 0. The van der Waals surface area contributed by atoms with E-state index in [1.54, 1.807) is 10.9 Å². The van der Waals surface area contributed by atoms with Crippen molar-refractivity contribution >= 4 is 23.7 Å². The standard InChI is InChI=1S/C30H32N4O2/c1-7-23-11-9-21(13-19(23)5)15-33-17-32-26-28(33)30(36)27(25(31)29(26)35)34(18(3)4)16-22-10-12-24(8-2)20(6)14-22/h7-14,17-18H,1-2,15-16,31H2,3-6H3. The van der Waals surface area contributed by atoms with Gasteiger partial charge in [0, 0.05) is 19.1 Å². The first-order chi connectivity index (χ1) is 17.2. The maximum atomic E-state index is 13.9. The monoisotopic (exact) mass is 480 g/mol. The molecule has 0 spiro atoms. The highest BCUT2D eigenvalue weighted by molar-refractivity contribution is 6.25. The fourth-order valence-electron chi connectivity index (χ4n) is 4.70. The summed E-state index contributed by atoms with van der Waals surface area (Å²) in [4.78, 5) is 33.3. The third kappa shape index (κ3) is 4.42. The van der Waals surface area contributed by atoms with Crippen LogP contribution in [0.25, 0.3) is 12.2 Å². The molecular formula is C30H32N4O2. The molecule has 1 aliphatic rings. The van der Waals surface area contributed by atoms with Crippen molar-refractivity contribution in [2.24, 2.45) is 5.73 Å². The van der Waals surface area contributed by atoms with Gasteiger partial charge in [-0.25, -0.2) is 4.98 Å². The molecule has 3 aromatic rings. The van der Waals surface area contributed by atoms with Crippen molar-refractivity contribution < 1.29 is 9.59 Å². The Morgan fingerprint density at radius 3 is 2.11 bits per heavy atom. The van der Waals surface area contributed by atoms with Crippen LogP contribution in [0.15, 0.2) is 67.3 Å². The van der Waals surface area contributed by atoms with Crippen molar-refractivity contribution in [3.8, 4) is 0 Å².